The molecule has 1 aliphatic rings. The lowest BCUT2D eigenvalue weighted by Crippen LogP contribution is -2.34. The van der Waals surface area contributed by atoms with Crippen LogP contribution in [0.4, 0.5) is 0 Å². The summed E-state index contributed by atoms with van der Waals surface area (Å²) in [5, 5.41) is 9.37. The minimum Gasteiger partial charge on any atom is -0.413 e. The van der Waals surface area contributed by atoms with E-state index < -0.39 is 37.4 Å². The molecule has 3 N–H and O–H groups in total. The number of ether oxygens (including phenoxy) is 1. The predicted molar refractivity (Wildman–Crippen MR) is 207 cm³/mol. The number of hydrogen-bond donors (Lipinski definition) is 3. The van der Waals surface area contributed by atoms with Gasteiger partial charge in [0.05, 0.1) is 18.8 Å². The van der Waals surface area contributed by atoms with Crippen molar-refractivity contribution in [3.8, 4) is 5.75 Å². The first-order valence-corrected chi connectivity index (χ1v) is 19.6. The van der Waals surface area contributed by atoms with E-state index in [-0.39, 0.29) is 37.8 Å². The molecule has 0 bridgehead atoms. The van der Waals surface area contributed by atoms with Crippen LogP contribution in [0, 0.1) is 6.92 Å². The Morgan fingerprint density at radius 1 is 1.02 bits per heavy atom. The molecule has 0 spiro atoms. The van der Waals surface area contributed by atoms with Crippen molar-refractivity contribution in [2.75, 3.05) is 19.7 Å². The molecule has 14 nitrogen and oxygen atoms in total. The van der Waals surface area contributed by atoms with E-state index in [1.807, 2.05) is 0 Å². The molecular formula is C38H52N7O7P. The molecule has 286 valence electrons. The third kappa shape index (κ3) is 16.7. The van der Waals surface area contributed by atoms with Gasteiger partial charge in [-0.1, -0.05) is 91.0 Å². The summed E-state index contributed by atoms with van der Waals surface area (Å²) in [6, 6.07) is 7.68. The number of para-hydroxylation sites is 1. The summed E-state index contributed by atoms with van der Waals surface area (Å²) in [4.78, 5) is 41.8. The Balaban J connectivity index is 1.40. The number of allylic oxidation sites excluding steroid dienone is 10. The number of benzene rings is 1. The Hall–Kier alpha value is -4.71. The van der Waals surface area contributed by atoms with Crippen molar-refractivity contribution in [3.05, 3.63) is 134 Å². The average Bonchev–Trinajstić information content (AvgIpc) is 3.55. The molecule has 0 saturated carbocycles. The number of azide groups is 1. The topological polar surface area (TPSA) is 190 Å². The van der Waals surface area contributed by atoms with Gasteiger partial charge >= 0.3 is 13.4 Å². The number of nitrogens with zero attached hydrogens (tertiary/aromatic N) is 4. The number of rotatable bonds is 24. The maximum Gasteiger partial charge on any atom is 0.458 e. The summed E-state index contributed by atoms with van der Waals surface area (Å²) in [5.41, 5.74) is 8.24. The maximum atomic E-state index is 13.8. The van der Waals surface area contributed by atoms with E-state index in [4.69, 9.17) is 19.3 Å². The van der Waals surface area contributed by atoms with Gasteiger partial charge in [-0.2, -0.15) is 0 Å². The van der Waals surface area contributed by atoms with Crippen LogP contribution in [0.2, 0.25) is 0 Å². The first kappa shape index (κ1) is 42.7. The Morgan fingerprint density at radius 3 is 2.30 bits per heavy atom. The number of carbonyl (C=O) groups excluding carboxylic acids is 1. The number of hydrogen-bond acceptors (Lipinski definition) is 8. The van der Waals surface area contributed by atoms with Crippen molar-refractivity contribution in [1.82, 2.24) is 20.0 Å². The number of carbonyl (C=O) groups is 1. The van der Waals surface area contributed by atoms with E-state index in [1.54, 1.807) is 37.3 Å². The fraction of sp³-hybridized carbons (Fsp3) is 0.447. The van der Waals surface area contributed by atoms with E-state index in [9.17, 15) is 18.9 Å². The lowest BCUT2D eigenvalue weighted by Gasteiger charge is -2.23. The molecule has 53 heavy (non-hydrogen) atoms. The lowest BCUT2D eigenvalue weighted by atomic mass is 10.1. The smallest absolute Gasteiger partial charge is 0.413 e. The Morgan fingerprint density at radius 2 is 1.66 bits per heavy atom. The fourth-order valence-corrected chi connectivity index (χ4v) is 6.49. The average molecular weight is 750 g/mol. The van der Waals surface area contributed by atoms with Gasteiger partial charge in [0.1, 0.15) is 12.0 Å². The van der Waals surface area contributed by atoms with Gasteiger partial charge in [-0.05, 0) is 69.5 Å². The van der Waals surface area contributed by atoms with Gasteiger partial charge in [0.25, 0.3) is 5.56 Å². The minimum absolute atomic E-state index is 0.0740. The minimum atomic E-state index is -4.03. The number of amides is 1. The van der Waals surface area contributed by atoms with Crippen molar-refractivity contribution in [2.24, 2.45) is 5.11 Å². The molecule has 2 heterocycles. The first-order chi connectivity index (χ1) is 25.7. The number of nitrogens with one attached hydrogen (secondary N) is 3. The van der Waals surface area contributed by atoms with Gasteiger partial charge in [-0.15, -0.1) is 0 Å². The van der Waals surface area contributed by atoms with E-state index in [1.165, 1.54) is 10.8 Å². The van der Waals surface area contributed by atoms with Crippen molar-refractivity contribution in [2.45, 2.75) is 90.0 Å². The third-order valence-corrected chi connectivity index (χ3v) is 9.47. The van der Waals surface area contributed by atoms with Crippen LogP contribution in [0.25, 0.3) is 10.4 Å². The van der Waals surface area contributed by atoms with Crippen molar-refractivity contribution < 1.29 is 23.1 Å². The van der Waals surface area contributed by atoms with Gasteiger partial charge in [0.2, 0.25) is 5.91 Å². The molecular weight excluding hydrogens is 697 g/mol. The number of aryl methyl sites for hydroxylation is 1. The zero-order valence-corrected chi connectivity index (χ0v) is 31.4. The van der Waals surface area contributed by atoms with Crippen LogP contribution in [0.3, 0.4) is 0 Å². The molecule has 4 atom stereocenters. The molecule has 1 saturated heterocycles. The van der Waals surface area contributed by atoms with E-state index >= 15 is 0 Å². The van der Waals surface area contributed by atoms with Crippen LogP contribution in [-0.2, 0) is 18.6 Å². The summed E-state index contributed by atoms with van der Waals surface area (Å²) in [6.45, 7) is 3.62. The lowest BCUT2D eigenvalue weighted by molar-refractivity contribution is -0.121. The van der Waals surface area contributed by atoms with Gasteiger partial charge in [-0.25, -0.2) is 14.4 Å². The zero-order chi connectivity index (χ0) is 38.2. The van der Waals surface area contributed by atoms with Gasteiger partial charge < -0.3 is 14.6 Å². The molecule has 15 heteroatoms. The summed E-state index contributed by atoms with van der Waals surface area (Å²) in [6.07, 6.45) is 27.8. The van der Waals surface area contributed by atoms with Crippen LogP contribution >= 0.6 is 7.75 Å². The quantitative estimate of drug-likeness (QED) is 0.0244. The van der Waals surface area contributed by atoms with Crippen LogP contribution in [0.15, 0.2) is 112 Å². The highest BCUT2D eigenvalue weighted by Gasteiger charge is 2.39. The van der Waals surface area contributed by atoms with Crippen molar-refractivity contribution in [1.29, 1.82) is 0 Å². The molecule has 1 fully saturated rings. The first-order valence-electron chi connectivity index (χ1n) is 18.0. The Bertz CT molecular complexity index is 1780. The van der Waals surface area contributed by atoms with E-state index in [2.05, 4.69) is 93.1 Å². The monoisotopic (exact) mass is 749 g/mol. The molecule has 2 aromatic rings. The molecule has 1 aromatic carbocycles. The normalized spacial score (nSPS) is 18.7. The van der Waals surface area contributed by atoms with Crippen LogP contribution in [0.1, 0.15) is 76.5 Å². The highest BCUT2D eigenvalue weighted by molar-refractivity contribution is 7.52. The van der Waals surface area contributed by atoms with Crippen LogP contribution < -0.4 is 26.2 Å². The molecule has 0 aliphatic carbocycles. The fourth-order valence-electron chi connectivity index (χ4n) is 5.15. The highest BCUT2D eigenvalue weighted by Crippen LogP contribution is 2.45. The SMILES string of the molecule is CCC=CCC=CCC=CCC=CCC=CCCCC(=O)NCCNP(=O)(OC[C@H]1OC(n2cc(C)c(=O)[nH]c2=O)C[C@@H]1N=[N+]=[N-])Oc1ccccc1. The third-order valence-electron chi connectivity index (χ3n) is 7.92. The number of aromatic amines is 1. The van der Waals surface area contributed by atoms with Gasteiger partial charge in [0.15, 0.2) is 0 Å². The van der Waals surface area contributed by atoms with Gasteiger partial charge in [-0.3, -0.25) is 23.7 Å². The highest BCUT2D eigenvalue weighted by atomic mass is 31.2. The van der Waals surface area contributed by atoms with Crippen molar-refractivity contribution >= 4 is 13.7 Å². The molecule has 0 radical (unpaired) electrons. The second kappa shape index (κ2) is 24.5. The van der Waals surface area contributed by atoms with Crippen LogP contribution in [0.5, 0.6) is 5.75 Å². The van der Waals surface area contributed by atoms with Crippen molar-refractivity contribution in [3.63, 3.8) is 0 Å². The summed E-state index contributed by atoms with van der Waals surface area (Å²) >= 11 is 0. The Kier molecular flexibility index (Phi) is 19.8. The number of H-pyrrole nitrogens is 1. The molecule has 1 aromatic heterocycles. The summed E-state index contributed by atoms with van der Waals surface area (Å²) in [5.74, 6) is 0.156. The zero-order valence-electron chi connectivity index (χ0n) is 30.5. The molecule has 2 unspecified atom stereocenters. The number of aromatic nitrogens is 2. The number of unbranched alkanes of at least 4 members (excludes halogenated alkanes) is 1. The second-order valence-electron chi connectivity index (χ2n) is 12.2. The molecule has 1 amide bonds. The molecule has 3 rings (SSSR count). The maximum absolute atomic E-state index is 13.8. The van der Waals surface area contributed by atoms with E-state index in [0.717, 1.165) is 38.5 Å². The summed E-state index contributed by atoms with van der Waals surface area (Å²) < 4.78 is 32.5. The van der Waals surface area contributed by atoms with Gasteiger partial charge in [0, 0.05) is 42.6 Å². The Labute approximate surface area is 310 Å². The second-order valence-corrected chi connectivity index (χ2v) is 13.9. The molecule has 1 aliphatic heterocycles. The van der Waals surface area contributed by atoms with Crippen LogP contribution in [-0.4, -0.2) is 47.3 Å². The largest absolute Gasteiger partial charge is 0.458 e. The predicted octanol–water partition coefficient (Wildman–Crippen LogP) is 7.64. The standard InChI is InChI=1S/C38H52N7O7P/c1-3-4-5-6-7-8-9-10-11-12-13-14-15-16-17-18-22-25-35(46)40-26-27-41-53(49,52-32-23-20-19-21-24-32)50-30-34-33(43-44-39)28-36(51-34)45-29-31(2)37(47)42-38(45)48/h4-5,7-8,10-11,13-14,16-17,19-21,23-24,29,33-34,36H,3,6,9,12,15,18,22,25-28,30H2,1-2H3,(H,40,46)(H,41,49)(H,42,47,48)/t33-,34+,36?,53?/m0/s1. The van der Waals surface area contributed by atoms with E-state index in [0.29, 0.717) is 18.4 Å². The summed E-state index contributed by atoms with van der Waals surface area (Å²) in [7, 11) is -4.03.